The van der Waals surface area contributed by atoms with Crippen molar-refractivity contribution in [2.45, 2.75) is 24.5 Å². The van der Waals surface area contributed by atoms with Crippen LogP contribution in [0.4, 0.5) is 0 Å². The molecule has 0 saturated carbocycles. The minimum absolute atomic E-state index is 0.421. The number of aliphatic hydroxyl groups is 3. The lowest BCUT2D eigenvalue weighted by Gasteiger charge is -2.10. The van der Waals surface area contributed by atoms with Crippen molar-refractivity contribution in [1.29, 1.82) is 0 Å². The lowest BCUT2D eigenvalue weighted by Crippen LogP contribution is -2.33. The van der Waals surface area contributed by atoms with Crippen LogP contribution in [0, 0.1) is 0 Å². The number of ether oxygens (including phenoxy) is 1. The van der Waals surface area contributed by atoms with Gasteiger partial charge in [-0.05, 0) is 5.53 Å². The van der Waals surface area contributed by atoms with Crippen molar-refractivity contribution in [2.75, 3.05) is 6.61 Å². The van der Waals surface area contributed by atoms with Crippen molar-refractivity contribution in [1.82, 2.24) is 0 Å². The van der Waals surface area contributed by atoms with Gasteiger partial charge in [0.05, 0.1) is 6.61 Å². The van der Waals surface area contributed by atoms with Crippen molar-refractivity contribution in [2.24, 2.45) is 5.11 Å². The van der Waals surface area contributed by atoms with Gasteiger partial charge in [0.15, 0.2) is 6.23 Å². The molecule has 7 nitrogen and oxygen atoms in total. The Balaban J connectivity index is 2.66. The molecular formula is C5H9N3O4. The molecule has 1 heterocycles. The summed E-state index contributed by atoms with van der Waals surface area (Å²) in [7, 11) is 0. The first kappa shape index (κ1) is 9.24. The quantitative estimate of drug-likeness (QED) is 0.275. The highest BCUT2D eigenvalue weighted by Crippen LogP contribution is 2.21. The van der Waals surface area contributed by atoms with Gasteiger partial charge in [0.25, 0.3) is 0 Å². The molecule has 4 atom stereocenters. The molecule has 0 aliphatic carbocycles. The topological polar surface area (TPSA) is 119 Å². The molecular weight excluding hydrogens is 166 g/mol. The van der Waals surface area contributed by atoms with E-state index in [1.165, 1.54) is 0 Å². The Morgan fingerprint density at radius 3 is 2.50 bits per heavy atom. The van der Waals surface area contributed by atoms with Crippen molar-refractivity contribution in [3.63, 3.8) is 0 Å². The second kappa shape index (κ2) is 3.70. The molecule has 1 fully saturated rings. The van der Waals surface area contributed by atoms with Crippen LogP contribution in [0.3, 0.4) is 0 Å². The van der Waals surface area contributed by atoms with Gasteiger partial charge in [-0.15, -0.1) is 0 Å². The number of hydrogen-bond donors (Lipinski definition) is 3. The molecule has 3 N–H and O–H groups in total. The highest BCUT2D eigenvalue weighted by atomic mass is 16.6. The van der Waals surface area contributed by atoms with Crippen LogP contribution in [-0.4, -0.2) is 46.5 Å². The molecule has 0 radical (unpaired) electrons. The highest BCUT2D eigenvalue weighted by molar-refractivity contribution is 4.88. The first-order chi connectivity index (χ1) is 5.70. The zero-order chi connectivity index (χ0) is 9.14. The zero-order valence-corrected chi connectivity index (χ0v) is 6.11. The van der Waals surface area contributed by atoms with E-state index in [4.69, 9.17) is 25.6 Å². The molecule has 0 aromatic heterocycles. The van der Waals surface area contributed by atoms with Crippen LogP contribution < -0.4 is 0 Å². The second-order valence-electron chi connectivity index (χ2n) is 2.43. The van der Waals surface area contributed by atoms with E-state index in [2.05, 4.69) is 10.0 Å². The van der Waals surface area contributed by atoms with Gasteiger partial charge in [-0.2, -0.15) is 0 Å². The van der Waals surface area contributed by atoms with E-state index in [9.17, 15) is 0 Å². The molecule has 68 valence electrons. The van der Waals surface area contributed by atoms with E-state index in [-0.39, 0.29) is 0 Å². The average molecular weight is 175 g/mol. The first-order valence-electron chi connectivity index (χ1n) is 3.37. The van der Waals surface area contributed by atoms with Crippen LogP contribution >= 0.6 is 0 Å². The van der Waals surface area contributed by atoms with Gasteiger partial charge < -0.3 is 20.1 Å². The van der Waals surface area contributed by atoms with Crippen LogP contribution in [0.1, 0.15) is 0 Å². The summed E-state index contributed by atoms with van der Waals surface area (Å²) >= 11 is 0. The predicted octanol–water partition coefficient (Wildman–Crippen LogP) is -1.26. The molecule has 1 aliphatic heterocycles. The summed E-state index contributed by atoms with van der Waals surface area (Å²) in [6.45, 7) is -0.421. The Hall–Kier alpha value is -0.850. The Labute approximate surface area is 67.8 Å². The second-order valence-corrected chi connectivity index (χ2v) is 2.43. The van der Waals surface area contributed by atoms with Crippen LogP contribution in [0.2, 0.25) is 0 Å². The average Bonchev–Trinajstić information content (AvgIpc) is 2.33. The molecule has 7 heteroatoms. The molecule has 1 rings (SSSR count). The maximum atomic E-state index is 9.14. The molecule has 4 unspecified atom stereocenters. The van der Waals surface area contributed by atoms with Crippen LogP contribution in [-0.2, 0) is 4.74 Å². The van der Waals surface area contributed by atoms with Crippen LogP contribution in [0.15, 0.2) is 5.11 Å². The Morgan fingerprint density at radius 2 is 2.08 bits per heavy atom. The smallest absolute Gasteiger partial charge is 0.165 e. The summed E-state index contributed by atoms with van der Waals surface area (Å²) in [4.78, 5) is 2.42. The van der Waals surface area contributed by atoms with Gasteiger partial charge in [0, 0.05) is 4.91 Å². The van der Waals surface area contributed by atoms with Gasteiger partial charge in [-0.25, -0.2) is 0 Å². The number of azide groups is 1. The third kappa shape index (κ3) is 1.50. The SMILES string of the molecule is [N-]=[N+]=NC1OC(CO)C(O)C1O. The Morgan fingerprint density at radius 1 is 1.42 bits per heavy atom. The fourth-order valence-corrected chi connectivity index (χ4v) is 1.03. The number of rotatable bonds is 2. The van der Waals surface area contributed by atoms with Crippen LogP contribution in [0.25, 0.3) is 10.4 Å². The van der Waals surface area contributed by atoms with Crippen molar-refractivity contribution < 1.29 is 20.1 Å². The summed E-state index contributed by atoms with van der Waals surface area (Å²) in [5.74, 6) is 0. The predicted molar refractivity (Wildman–Crippen MR) is 36.9 cm³/mol. The molecule has 1 saturated heterocycles. The maximum absolute atomic E-state index is 9.14. The van der Waals surface area contributed by atoms with E-state index in [0.717, 1.165) is 0 Å². The van der Waals surface area contributed by atoms with E-state index in [1.54, 1.807) is 0 Å². The Kier molecular flexibility index (Phi) is 2.85. The van der Waals surface area contributed by atoms with Gasteiger partial charge in [0.1, 0.15) is 18.3 Å². The van der Waals surface area contributed by atoms with Crippen LogP contribution in [0.5, 0.6) is 0 Å². The van der Waals surface area contributed by atoms with Crippen molar-refractivity contribution in [3.05, 3.63) is 10.4 Å². The lowest BCUT2D eigenvalue weighted by atomic mass is 10.1. The summed E-state index contributed by atoms with van der Waals surface area (Å²) < 4.78 is 4.81. The molecule has 0 spiro atoms. The summed E-state index contributed by atoms with van der Waals surface area (Å²) in [6, 6.07) is 0. The lowest BCUT2D eigenvalue weighted by molar-refractivity contribution is -0.0198. The first-order valence-corrected chi connectivity index (χ1v) is 3.37. The molecule has 0 bridgehead atoms. The van der Waals surface area contributed by atoms with E-state index >= 15 is 0 Å². The minimum atomic E-state index is -1.27. The number of nitrogens with zero attached hydrogens (tertiary/aromatic N) is 3. The molecule has 12 heavy (non-hydrogen) atoms. The standard InChI is InChI=1S/C5H9N3O4/c6-8-7-5-4(11)3(10)2(1-9)12-5/h2-5,9-11H,1H2. The minimum Gasteiger partial charge on any atom is -0.394 e. The largest absolute Gasteiger partial charge is 0.394 e. The Bertz CT molecular complexity index is 205. The van der Waals surface area contributed by atoms with Gasteiger partial charge >= 0.3 is 0 Å². The maximum Gasteiger partial charge on any atom is 0.165 e. The van der Waals surface area contributed by atoms with Gasteiger partial charge in [0.2, 0.25) is 0 Å². The summed E-state index contributed by atoms with van der Waals surface area (Å²) in [5.41, 5.74) is 8.01. The van der Waals surface area contributed by atoms with Crippen molar-refractivity contribution >= 4 is 0 Å². The third-order valence-corrected chi connectivity index (χ3v) is 1.68. The highest BCUT2D eigenvalue weighted by Gasteiger charge is 2.41. The van der Waals surface area contributed by atoms with E-state index in [1.807, 2.05) is 0 Å². The molecule has 0 aromatic carbocycles. The summed E-state index contributed by atoms with van der Waals surface area (Å²) in [5, 5.41) is 30.0. The number of hydrogen-bond acceptors (Lipinski definition) is 5. The molecule has 0 aromatic rings. The van der Waals surface area contributed by atoms with E-state index < -0.39 is 31.1 Å². The fourth-order valence-electron chi connectivity index (χ4n) is 1.03. The van der Waals surface area contributed by atoms with Gasteiger partial charge in [-0.1, -0.05) is 5.11 Å². The van der Waals surface area contributed by atoms with Gasteiger partial charge in [-0.3, -0.25) is 0 Å². The third-order valence-electron chi connectivity index (χ3n) is 1.68. The molecule has 1 aliphatic rings. The zero-order valence-electron chi connectivity index (χ0n) is 6.11. The monoisotopic (exact) mass is 175 g/mol. The fraction of sp³-hybridized carbons (Fsp3) is 1.00. The molecule has 0 amide bonds. The normalized spacial score (nSPS) is 40.9. The summed E-state index contributed by atoms with van der Waals surface area (Å²) in [6.07, 6.45) is -4.46. The van der Waals surface area contributed by atoms with Crippen molar-refractivity contribution in [3.8, 4) is 0 Å². The van der Waals surface area contributed by atoms with E-state index in [0.29, 0.717) is 0 Å². The number of aliphatic hydroxyl groups excluding tert-OH is 3.